The van der Waals surface area contributed by atoms with E-state index in [4.69, 9.17) is 54.4 Å². The average Bonchev–Trinajstić information content (AvgIpc) is 2.07. The van der Waals surface area contributed by atoms with Crippen LogP contribution in [0.25, 0.3) is 0 Å². The Kier molecular flexibility index (Phi) is 18.7. The van der Waals surface area contributed by atoms with Gasteiger partial charge in [0.2, 0.25) is 0 Å². The summed E-state index contributed by atoms with van der Waals surface area (Å²) in [6.07, 6.45) is -0.224. The Morgan fingerprint density at radius 3 is 1.38 bits per heavy atom. The van der Waals surface area contributed by atoms with Gasteiger partial charge in [-0.3, -0.25) is 18.7 Å². The first-order valence-electron chi connectivity index (χ1n) is 4.27. The average molecular weight is 365 g/mol. The van der Waals surface area contributed by atoms with Crippen LogP contribution in [0.2, 0.25) is 0 Å². The summed E-state index contributed by atoms with van der Waals surface area (Å²) in [4.78, 5) is 65.7. The van der Waals surface area contributed by atoms with Crippen LogP contribution >= 0.6 is 15.6 Å². The fraction of sp³-hybridized carbons (Fsp3) is 0.600. The smallest absolute Gasteiger partial charge is 0.756 e. The van der Waals surface area contributed by atoms with E-state index in [1.165, 1.54) is 0 Å². The molecule has 0 amide bonds. The molecule has 0 aliphatic rings. The van der Waals surface area contributed by atoms with Crippen molar-refractivity contribution in [1.82, 2.24) is 0 Å². The summed E-state index contributed by atoms with van der Waals surface area (Å²) in [5.74, 6) is -2.20. The van der Waals surface area contributed by atoms with Crippen molar-refractivity contribution < 1.29 is 58.3 Å². The molecule has 0 saturated carbocycles. The summed E-state index contributed by atoms with van der Waals surface area (Å²) in [5, 5.41) is 16.3. The second kappa shape index (κ2) is 13.5. The van der Waals surface area contributed by atoms with E-state index in [9.17, 15) is 9.59 Å². The molecule has 0 aliphatic carbocycles. The molecule has 21 heavy (non-hydrogen) atoms. The number of carbonyl (C=O) groups is 2. The SMILES string of the molecule is NC(CCC(=O)O)C(=O)O.O=P([O-])(O)O.O=P([O-])(O)O.[Mg+2]. The number of phosphoric acid groups is 2. The minimum atomic E-state index is -4.89. The van der Waals surface area contributed by atoms with Crippen LogP contribution in [0, 0.1) is 0 Å². The van der Waals surface area contributed by atoms with Crippen molar-refractivity contribution in [2.75, 3.05) is 0 Å². The summed E-state index contributed by atoms with van der Waals surface area (Å²) in [7, 11) is -9.78. The van der Waals surface area contributed by atoms with E-state index in [1.807, 2.05) is 0 Å². The number of carboxylic acids is 2. The van der Waals surface area contributed by atoms with E-state index in [0.29, 0.717) is 0 Å². The van der Waals surface area contributed by atoms with Crippen molar-refractivity contribution in [3.63, 3.8) is 0 Å². The van der Waals surface area contributed by atoms with E-state index in [0.717, 1.165) is 0 Å². The fourth-order valence-corrected chi connectivity index (χ4v) is 0.402. The second-order valence-electron chi connectivity index (χ2n) is 2.86. The van der Waals surface area contributed by atoms with Gasteiger partial charge in [0.05, 0.1) is 0 Å². The van der Waals surface area contributed by atoms with E-state index in [2.05, 4.69) is 0 Å². The molecule has 0 aromatic heterocycles. The maximum absolute atomic E-state index is 9.99. The van der Waals surface area contributed by atoms with Gasteiger partial charge in [0, 0.05) is 6.42 Å². The zero-order chi connectivity index (χ0) is 17.1. The van der Waals surface area contributed by atoms with Crippen molar-refractivity contribution in [3.8, 4) is 0 Å². The molecular formula is C5H13MgNO12P2. The van der Waals surface area contributed by atoms with E-state index in [1.54, 1.807) is 0 Å². The molecule has 0 fully saturated rings. The van der Waals surface area contributed by atoms with Gasteiger partial charge in [-0.2, -0.15) is 0 Å². The van der Waals surface area contributed by atoms with Crippen LogP contribution < -0.4 is 15.5 Å². The van der Waals surface area contributed by atoms with Crippen molar-refractivity contribution in [2.24, 2.45) is 5.73 Å². The Bertz CT molecular complexity index is 353. The monoisotopic (exact) mass is 365 g/mol. The van der Waals surface area contributed by atoms with Crippen molar-refractivity contribution in [3.05, 3.63) is 0 Å². The van der Waals surface area contributed by atoms with Gasteiger partial charge in [-0.1, -0.05) is 0 Å². The quantitative estimate of drug-likeness (QED) is 0.184. The zero-order valence-corrected chi connectivity index (χ0v) is 13.5. The molecule has 0 aromatic rings. The Labute approximate surface area is 134 Å². The van der Waals surface area contributed by atoms with Crippen LogP contribution in [-0.2, 0) is 18.7 Å². The topological polar surface area (TPSA) is 262 Å². The van der Waals surface area contributed by atoms with Crippen molar-refractivity contribution >= 4 is 50.6 Å². The molecule has 0 aromatic carbocycles. The summed E-state index contributed by atoms with van der Waals surface area (Å²) >= 11 is 0. The number of rotatable bonds is 4. The van der Waals surface area contributed by atoms with E-state index >= 15 is 0 Å². The largest absolute Gasteiger partial charge is 2.00 e. The van der Waals surface area contributed by atoms with Gasteiger partial charge < -0.3 is 45.3 Å². The third-order valence-corrected chi connectivity index (χ3v) is 0.986. The molecule has 13 nitrogen and oxygen atoms in total. The van der Waals surface area contributed by atoms with Gasteiger partial charge in [0.15, 0.2) is 0 Å². The maximum Gasteiger partial charge on any atom is 2.00 e. The molecule has 1 atom stereocenters. The molecule has 0 rings (SSSR count). The Morgan fingerprint density at radius 1 is 1.00 bits per heavy atom. The van der Waals surface area contributed by atoms with Gasteiger partial charge in [-0.15, -0.1) is 0 Å². The summed E-state index contributed by atoms with van der Waals surface area (Å²) in [6, 6.07) is -1.06. The second-order valence-corrected chi connectivity index (χ2v) is 4.82. The van der Waals surface area contributed by atoms with Crippen LogP contribution in [0.15, 0.2) is 0 Å². The third-order valence-electron chi connectivity index (χ3n) is 0.986. The molecule has 0 aliphatic heterocycles. The minimum absolute atomic E-state index is 0. The van der Waals surface area contributed by atoms with Crippen LogP contribution in [0.5, 0.6) is 0 Å². The molecule has 0 radical (unpaired) electrons. The Balaban J connectivity index is -0.000000112. The van der Waals surface area contributed by atoms with E-state index < -0.39 is 33.6 Å². The fourth-order valence-electron chi connectivity index (χ4n) is 0.402. The number of hydrogen-bond acceptors (Lipinski definition) is 7. The number of aliphatic carboxylic acids is 2. The predicted octanol–water partition coefficient (Wildman–Crippen LogP) is -4.24. The minimum Gasteiger partial charge on any atom is -0.756 e. The summed E-state index contributed by atoms with van der Waals surface area (Å²) in [5.41, 5.74) is 5.00. The molecule has 0 saturated heterocycles. The normalized spacial score (nSPS) is 11.6. The standard InChI is InChI=1S/C5H9NO4.Mg.2H3O4P/c6-3(5(9)10)1-2-4(7)8;;2*1-5(2,3)4/h3H,1-2,6H2,(H,7,8)(H,9,10);;2*(H3,1,2,3,4)/q;+2;;/p-2. The predicted molar refractivity (Wildman–Crippen MR) is 62.3 cm³/mol. The zero-order valence-electron chi connectivity index (χ0n) is 10.3. The number of hydrogen-bond donors (Lipinski definition) is 7. The maximum atomic E-state index is 9.99. The molecule has 0 spiro atoms. The first kappa shape index (κ1) is 29.0. The van der Waals surface area contributed by atoms with Crippen molar-refractivity contribution in [1.29, 1.82) is 0 Å². The summed E-state index contributed by atoms with van der Waals surface area (Å²) < 4.78 is 17.5. The third kappa shape index (κ3) is 80.6. The van der Waals surface area contributed by atoms with Gasteiger partial charge in [0.25, 0.3) is 15.6 Å². The van der Waals surface area contributed by atoms with E-state index in [-0.39, 0.29) is 35.9 Å². The van der Waals surface area contributed by atoms with Crippen LogP contribution in [-0.4, -0.2) is 70.8 Å². The van der Waals surface area contributed by atoms with Gasteiger partial charge in [-0.25, -0.2) is 0 Å². The Hall–Kier alpha value is -0.114. The van der Waals surface area contributed by atoms with Crippen molar-refractivity contribution in [2.45, 2.75) is 18.9 Å². The summed E-state index contributed by atoms with van der Waals surface area (Å²) in [6.45, 7) is 0. The molecule has 0 heterocycles. The molecule has 0 bridgehead atoms. The molecular weight excluding hydrogens is 352 g/mol. The molecule has 8 N–H and O–H groups in total. The first-order chi connectivity index (χ1) is 8.54. The van der Waals surface area contributed by atoms with Gasteiger partial charge in [-0.05, 0) is 6.42 Å². The van der Waals surface area contributed by atoms with Gasteiger partial charge >= 0.3 is 35.0 Å². The number of carboxylic acid groups (broad SMARTS) is 2. The van der Waals surface area contributed by atoms with Crippen LogP contribution in [0.4, 0.5) is 0 Å². The molecule has 1 unspecified atom stereocenters. The first-order valence-corrected chi connectivity index (χ1v) is 7.33. The molecule has 122 valence electrons. The molecule has 16 heteroatoms. The van der Waals surface area contributed by atoms with Crippen LogP contribution in [0.3, 0.4) is 0 Å². The van der Waals surface area contributed by atoms with Crippen LogP contribution in [0.1, 0.15) is 12.8 Å². The number of nitrogens with two attached hydrogens (primary N) is 1. The van der Waals surface area contributed by atoms with Gasteiger partial charge in [0.1, 0.15) is 6.04 Å². The Morgan fingerprint density at radius 2 is 1.24 bits per heavy atom.